The first kappa shape index (κ1) is 18.7. The van der Waals surface area contributed by atoms with E-state index in [1.807, 2.05) is 42.5 Å². The summed E-state index contributed by atoms with van der Waals surface area (Å²) in [6.07, 6.45) is 4.82. The van der Waals surface area contributed by atoms with Crippen molar-refractivity contribution in [2.45, 2.75) is 44.7 Å². The largest absolute Gasteiger partial charge is 0.497 e. The van der Waals surface area contributed by atoms with E-state index in [0.29, 0.717) is 17.8 Å². The molecule has 28 heavy (non-hydrogen) atoms. The number of benzene rings is 2. The Morgan fingerprint density at radius 1 is 1.00 bits per heavy atom. The SMILES string of the molecule is COc1ccc([C@H]2CCCCCN2[C@H](C)c2nnc(-c3ccccc3)o2)cc1. The summed E-state index contributed by atoms with van der Waals surface area (Å²) in [7, 11) is 1.70. The van der Waals surface area contributed by atoms with Gasteiger partial charge in [0.1, 0.15) is 5.75 Å². The van der Waals surface area contributed by atoms with Crippen molar-refractivity contribution >= 4 is 0 Å². The average molecular weight is 377 g/mol. The molecule has 4 rings (SSSR count). The van der Waals surface area contributed by atoms with Crippen LogP contribution in [0.4, 0.5) is 0 Å². The molecule has 0 aliphatic carbocycles. The molecule has 1 aliphatic heterocycles. The van der Waals surface area contributed by atoms with Crippen molar-refractivity contribution in [2.75, 3.05) is 13.7 Å². The number of methoxy groups -OCH3 is 1. The molecule has 0 bridgehead atoms. The van der Waals surface area contributed by atoms with E-state index in [1.165, 1.54) is 24.8 Å². The van der Waals surface area contributed by atoms with Crippen LogP contribution >= 0.6 is 0 Å². The van der Waals surface area contributed by atoms with Gasteiger partial charge in [-0.3, -0.25) is 4.90 Å². The molecule has 0 unspecified atom stereocenters. The summed E-state index contributed by atoms with van der Waals surface area (Å²) in [6.45, 7) is 3.20. The van der Waals surface area contributed by atoms with Gasteiger partial charge in [0.15, 0.2) is 0 Å². The molecule has 5 heteroatoms. The molecule has 3 aromatic rings. The Hall–Kier alpha value is -2.66. The van der Waals surface area contributed by atoms with Crippen LogP contribution in [-0.2, 0) is 0 Å². The number of ether oxygens (including phenoxy) is 1. The number of rotatable bonds is 5. The van der Waals surface area contributed by atoms with Gasteiger partial charge >= 0.3 is 0 Å². The second-order valence-electron chi connectivity index (χ2n) is 7.36. The molecule has 0 amide bonds. The maximum Gasteiger partial charge on any atom is 0.247 e. The molecule has 5 nitrogen and oxygen atoms in total. The average Bonchev–Trinajstić information content (AvgIpc) is 3.12. The van der Waals surface area contributed by atoms with Gasteiger partial charge in [-0.1, -0.05) is 43.2 Å². The summed E-state index contributed by atoms with van der Waals surface area (Å²) in [5.41, 5.74) is 2.27. The molecule has 1 aliphatic rings. The Kier molecular flexibility index (Phi) is 5.72. The minimum absolute atomic E-state index is 0.0650. The second kappa shape index (κ2) is 8.57. The summed E-state index contributed by atoms with van der Waals surface area (Å²) in [5.74, 6) is 2.15. The molecule has 0 spiro atoms. The van der Waals surface area contributed by atoms with Crippen LogP contribution in [0.25, 0.3) is 11.5 Å². The molecule has 2 atom stereocenters. The first-order chi connectivity index (χ1) is 13.8. The van der Waals surface area contributed by atoms with Crippen LogP contribution in [0.15, 0.2) is 59.0 Å². The summed E-state index contributed by atoms with van der Waals surface area (Å²) in [4.78, 5) is 2.51. The highest BCUT2D eigenvalue weighted by molar-refractivity contribution is 5.51. The molecular weight excluding hydrogens is 350 g/mol. The number of likely N-dealkylation sites (tertiary alicyclic amines) is 1. The number of nitrogens with zero attached hydrogens (tertiary/aromatic N) is 3. The predicted molar refractivity (Wildman–Crippen MR) is 109 cm³/mol. The van der Waals surface area contributed by atoms with E-state index in [9.17, 15) is 0 Å². The summed E-state index contributed by atoms with van der Waals surface area (Å²) < 4.78 is 11.4. The molecule has 1 saturated heterocycles. The number of hydrogen-bond acceptors (Lipinski definition) is 5. The fourth-order valence-electron chi connectivity index (χ4n) is 4.02. The topological polar surface area (TPSA) is 51.4 Å². The standard InChI is InChI=1S/C23H27N3O2/c1-17(22-24-25-23(28-22)19-9-5-3-6-10-19)26-16-8-4-7-11-21(26)18-12-14-20(27-2)15-13-18/h3,5-6,9-10,12-15,17,21H,4,7-8,11,16H2,1-2H3/t17-,21-/m1/s1. The highest BCUT2D eigenvalue weighted by Crippen LogP contribution is 2.37. The van der Waals surface area contributed by atoms with Gasteiger partial charge in [-0.2, -0.15) is 0 Å². The van der Waals surface area contributed by atoms with Crippen LogP contribution in [0.2, 0.25) is 0 Å². The number of aromatic nitrogens is 2. The van der Waals surface area contributed by atoms with Crippen molar-refractivity contribution < 1.29 is 9.15 Å². The number of hydrogen-bond donors (Lipinski definition) is 0. The van der Waals surface area contributed by atoms with Crippen LogP contribution in [-0.4, -0.2) is 28.8 Å². The molecule has 0 radical (unpaired) electrons. The van der Waals surface area contributed by atoms with Crippen LogP contribution in [0, 0.1) is 0 Å². The normalized spacial score (nSPS) is 19.1. The van der Waals surface area contributed by atoms with Crippen molar-refractivity contribution in [2.24, 2.45) is 0 Å². The molecule has 1 aromatic heterocycles. The Morgan fingerprint density at radius 2 is 1.79 bits per heavy atom. The first-order valence-electron chi connectivity index (χ1n) is 10.0. The third-order valence-corrected chi connectivity index (χ3v) is 5.61. The van der Waals surface area contributed by atoms with E-state index in [0.717, 1.165) is 24.3 Å². The molecule has 1 fully saturated rings. The Labute approximate surface area is 166 Å². The van der Waals surface area contributed by atoms with Crippen LogP contribution in [0.5, 0.6) is 5.75 Å². The highest BCUT2D eigenvalue weighted by Gasteiger charge is 2.30. The van der Waals surface area contributed by atoms with Gasteiger partial charge < -0.3 is 9.15 Å². The quantitative estimate of drug-likeness (QED) is 0.594. The van der Waals surface area contributed by atoms with Crippen molar-refractivity contribution in [3.05, 3.63) is 66.1 Å². The molecule has 2 heterocycles. The lowest BCUT2D eigenvalue weighted by Crippen LogP contribution is -2.31. The van der Waals surface area contributed by atoms with Gasteiger partial charge in [-0.15, -0.1) is 10.2 Å². The molecule has 2 aromatic carbocycles. The Morgan fingerprint density at radius 3 is 2.54 bits per heavy atom. The lowest BCUT2D eigenvalue weighted by Gasteiger charge is -2.33. The first-order valence-corrected chi connectivity index (χ1v) is 10.0. The van der Waals surface area contributed by atoms with Crippen LogP contribution < -0.4 is 4.74 Å². The van der Waals surface area contributed by atoms with E-state index in [2.05, 4.69) is 34.2 Å². The minimum atomic E-state index is 0.0650. The van der Waals surface area contributed by atoms with E-state index in [1.54, 1.807) is 7.11 Å². The second-order valence-corrected chi connectivity index (χ2v) is 7.36. The molecule has 0 saturated carbocycles. The third-order valence-electron chi connectivity index (χ3n) is 5.61. The highest BCUT2D eigenvalue weighted by atomic mass is 16.5. The zero-order valence-electron chi connectivity index (χ0n) is 16.5. The van der Waals surface area contributed by atoms with Gasteiger partial charge in [-0.25, -0.2) is 0 Å². The molecule has 146 valence electrons. The maximum atomic E-state index is 6.06. The van der Waals surface area contributed by atoms with Crippen molar-refractivity contribution in [1.29, 1.82) is 0 Å². The van der Waals surface area contributed by atoms with E-state index < -0.39 is 0 Å². The molecule has 0 N–H and O–H groups in total. The van der Waals surface area contributed by atoms with E-state index >= 15 is 0 Å². The fourth-order valence-corrected chi connectivity index (χ4v) is 4.02. The van der Waals surface area contributed by atoms with Gasteiger partial charge in [0, 0.05) is 11.6 Å². The molecular formula is C23H27N3O2. The summed E-state index contributed by atoms with van der Waals surface area (Å²) in [5, 5.41) is 8.66. The van der Waals surface area contributed by atoms with Crippen LogP contribution in [0.3, 0.4) is 0 Å². The predicted octanol–water partition coefficient (Wildman–Crippen LogP) is 5.42. The Balaban J connectivity index is 1.59. The third kappa shape index (κ3) is 3.94. The summed E-state index contributed by atoms with van der Waals surface area (Å²) >= 11 is 0. The van der Waals surface area contributed by atoms with Gasteiger partial charge in [0.05, 0.1) is 13.2 Å². The van der Waals surface area contributed by atoms with Gasteiger partial charge in [0.25, 0.3) is 0 Å². The van der Waals surface area contributed by atoms with Crippen molar-refractivity contribution in [3.8, 4) is 17.2 Å². The summed E-state index contributed by atoms with van der Waals surface area (Å²) in [6, 6.07) is 18.8. The minimum Gasteiger partial charge on any atom is -0.497 e. The van der Waals surface area contributed by atoms with Gasteiger partial charge in [-0.05, 0) is 56.1 Å². The lowest BCUT2D eigenvalue weighted by atomic mass is 9.99. The lowest BCUT2D eigenvalue weighted by molar-refractivity contribution is 0.127. The van der Waals surface area contributed by atoms with E-state index in [-0.39, 0.29) is 6.04 Å². The fraction of sp³-hybridized carbons (Fsp3) is 0.391. The maximum absolute atomic E-state index is 6.06. The zero-order valence-corrected chi connectivity index (χ0v) is 16.5. The Bertz CT molecular complexity index is 876. The van der Waals surface area contributed by atoms with Crippen LogP contribution in [0.1, 0.15) is 56.1 Å². The zero-order chi connectivity index (χ0) is 19.3. The smallest absolute Gasteiger partial charge is 0.247 e. The van der Waals surface area contributed by atoms with Crippen molar-refractivity contribution in [1.82, 2.24) is 15.1 Å². The monoisotopic (exact) mass is 377 g/mol. The van der Waals surface area contributed by atoms with Gasteiger partial charge in [0.2, 0.25) is 11.8 Å². The van der Waals surface area contributed by atoms with E-state index in [4.69, 9.17) is 9.15 Å². The van der Waals surface area contributed by atoms with Crippen molar-refractivity contribution in [3.63, 3.8) is 0 Å².